The minimum absolute atomic E-state index is 0.153. The maximum absolute atomic E-state index is 13.5. The number of aromatic nitrogens is 3. The van der Waals surface area contributed by atoms with Gasteiger partial charge in [0.05, 0.1) is 10.9 Å². The molecule has 1 aliphatic heterocycles. The monoisotopic (exact) mass is 399 g/mol. The topological polar surface area (TPSA) is 100 Å². The number of fused-ring (bicyclic) bond motifs is 1. The van der Waals surface area contributed by atoms with Crippen molar-refractivity contribution in [3.05, 3.63) is 38.2 Å². The van der Waals surface area contributed by atoms with Crippen LogP contribution in [0.4, 0.5) is 0 Å². The van der Waals surface area contributed by atoms with E-state index in [-0.39, 0.29) is 23.3 Å². The molecule has 8 heteroatoms. The highest BCUT2D eigenvalue weighted by molar-refractivity contribution is 6.05. The normalized spacial score (nSPS) is 19.9. The van der Waals surface area contributed by atoms with Crippen LogP contribution >= 0.6 is 0 Å². The number of aromatic amines is 1. The SMILES string of the molecule is CNC1CCCN(C(=O)c2cc(C3CC3)nc3c2c(=O)[nH]c(=O)n3CC(C)C)C1. The van der Waals surface area contributed by atoms with Crippen molar-refractivity contribution in [2.45, 2.75) is 58.0 Å². The zero-order valence-electron chi connectivity index (χ0n) is 17.3. The number of nitrogens with one attached hydrogen (secondary N) is 2. The molecule has 1 saturated carbocycles. The molecule has 2 aliphatic rings. The summed E-state index contributed by atoms with van der Waals surface area (Å²) in [6.07, 6.45) is 3.99. The van der Waals surface area contributed by atoms with Crippen molar-refractivity contribution in [3.63, 3.8) is 0 Å². The maximum Gasteiger partial charge on any atom is 0.330 e. The van der Waals surface area contributed by atoms with Crippen molar-refractivity contribution in [2.24, 2.45) is 5.92 Å². The summed E-state index contributed by atoms with van der Waals surface area (Å²) < 4.78 is 1.51. The molecule has 2 aromatic rings. The molecule has 2 N–H and O–H groups in total. The molecule has 1 aliphatic carbocycles. The second-order valence-corrected chi connectivity index (χ2v) is 8.71. The number of likely N-dealkylation sites (N-methyl/N-ethyl adjacent to an activating group) is 1. The molecule has 0 aromatic carbocycles. The predicted molar refractivity (Wildman–Crippen MR) is 111 cm³/mol. The highest BCUT2D eigenvalue weighted by Gasteiger charge is 2.31. The number of piperidine rings is 1. The summed E-state index contributed by atoms with van der Waals surface area (Å²) in [5, 5.41) is 3.47. The van der Waals surface area contributed by atoms with Gasteiger partial charge in [-0.25, -0.2) is 9.78 Å². The zero-order valence-corrected chi connectivity index (χ0v) is 17.3. The second-order valence-electron chi connectivity index (χ2n) is 8.71. The fraction of sp³-hybridized carbons (Fsp3) is 0.619. The van der Waals surface area contributed by atoms with Gasteiger partial charge in [0, 0.05) is 37.3 Å². The summed E-state index contributed by atoms with van der Waals surface area (Å²) >= 11 is 0. The summed E-state index contributed by atoms with van der Waals surface area (Å²) in [7, 11) is 1.90. The van der Waals surface area contributed by atoms with Crippen molar-refractivity contribution in [3.8, 4) is 0 Å². The molecular formula is C21H29N5O3. The van der Waals surface area contributed by atoms with Crippen LogP contribution in [0.5, 0.6) is 0 Å². The van der Waals surface area contributed by atoms with E-state index in [1.165, 1.54) is 4.57 Å². The van der Waals surface area contributed by atoms with Gasteiger partial charge in [-0.2, -0.15) is 0 Å². The molecule has 0 bridgehead atoms. The standard InChI is InChI=1S/C21H29N5O3/c1-12(2)10-26-18-17(19(27)24-21(26)29)15(9-16(23-18)13-6-7-13)20(28)25-8-4-5-14(11-25)22-3/h9,12-14,22H,4-8,10-11H2,1-3H3,(H,24,27,29). The van der Waals surface area contributed by atoms with Crippen molar-refractivity contribution in [2.75, 3.05) is 20.1 Å². The molecule has 1 atom stereocenters. The van der Waals surface area contributed by atoms with Gasteiger partial charge in [-0.15, -0.1) is 0 Å². The first kappa shape index (κ1) is 19.8. The number of hydrogen-bond donors (Lipinski definition) is 2. The number of rotatable bonds is 5. The molecule has 156 valence electrons. The maximum atomic E-state index is 13.5. The molecule has 29 heavy (non-hydrogen) atoms. The summed E-state index contributed by atoms with van der Waals surface area (Å²) in [4.78, 5) is 47.7. The van der Waals surface area contributed by atoms with Gasteiger partial charge < -0.3 is 10.2 Å². The Morgan fingerprint density at radius 2 is 2.07 bits per heavy atom. The summed E-state index contributed by atoms with van der Waals surface area (Å²) in [6, 6.07) is 2.03. The molecule has 1 amide bonds. The van der Waals surface area contributed by atoms with Crippen molar-refractivity contribution in [1.29, 1.82) is 0 Å². The zero-order chi connectivity index (χ0) is 20.7. The van der Waals surface area contributed by atoms with Crippen molar-refractivity contribution < 1.29 is 4.79 Å². The fourth-order valence-corrected chi connectivity index (χ4v) is 4.15. The number of carbonyl (C=O) groups excluding carboxylic acids is 1. The van der Waals surface area contributed by atoms with Gasteiger partial charge in [0.25, 0.3) is 11.5 Å². The third-order valence-electron chi connectivity index (χ3n) is 5.86. The quantitative estimate of drug-likeness (QED) is 0.793. The van der Waals surface area contributed by atoms with Gasteiger partial charge in [-0.05, 0) is 44.7 Å². The van der Waals surface area contributed by atoms with Crippen LogP contribution in [0.15, 0.2) is 15.7 Å². The number of amides is 1. The third kappa shape index (κ3) is 3.85. The summed E-state index contributed by atoms with van der Waals surface area (Å²) in [5.41, 5.74) is 0.508. The van der Waals surface area contributed by atoms with Crippen LogP contribution in [0.25, 0.3) is 11.0 Å². The Morgan fingerprint density at radius 1 is 1.31 bits per heavy atom. The van der Waals surface area contributed by atoms with Crippen LogP contribution in [-0.2, 0) is 6.54 Å². The average Bonchev–Trinajstić information content (AvgIpc) is 3.55. The minimum atomic E-state index is -0.537. The van der Waals surface area contributed by atoms with Gasteiger partial charge in [-0.1, -0.05) is 13.8 Å². The van der Waals surface area contributed by atoms with Crippen LogP contribution in [0, 0.1) is 5.92 Å². The van der Waals surface area contributed by atoms with Gasteiger partial charge in [0.2, 0.25) is 0 Å². The van der Waals surface area contributed by atoms with E-state index in [1.54, 1.807) is 6.07 Å². The van der Waals surface area contributed by atoms with E-state index in [0.29, 0.717) is 36.8 Å². The van der Waals surface area contributed by atoms with E-state index < -0.39 is 11.2 Å². The van der Waals surface area contributed by atoms with Crippen molar-refractivity contribution in [1.82, 2.24) is 24.8 Å². The second kappa shape index (κ2) is 7.74. The molecule has 0 spiro atoms. The Balaban J connectivity index is 1.89. The van der Waals surface area contributed by atoms with E-state index in [2.05, 4.69) is 10.3 Å². The molecule has 0 radical (unpaired) electrons. The van der Waals surface area contributed by atoms with Crippen molar-refractivity contribution >= 4 is 16.9 Å². The van der Waals surface area contributed by atoms with Gasteiger partial charge >= 0.3 is 5.69 Å². The molecule has 1 unspecified atom stereocenters. The highest BCUT2D eigenvalue weighted by Crippen LogP contribution is 2.40. The lowest BCUT2D eigenvalue weighted by Gasteiger charge is -2.33. The number of nitrogens with zero attached hydrogens (tertiary/aromatic N) is 3. The van der Waals surface area contributed by atoms with E-state index in [4.69, 9.17) is 4.98 Å². The number of carbonyl (C=O) groups is 1. The first-order valence-corrected chi connectivity index (χ1v) is 10.5. The number of pyridine rings is 1. The van der Waals surface area contributed by atoms with Crippen LogP contribution in [0.3, 0.4) is 0 Å². The highest BCUT2D eigenvalue weighted by atomic mass is 16.2. The van der Waals surface area contributed by atoms with Gasteiger partial charge in [0.1, 0.15) is 0 Å². The molecule has 3 heterocycles. The fourth-order valence-electron chi connectivity index (χ4n) is 4.15. The van der Waals surface area contributed by atoms with Crippen LogP contribution < -0.4 is 16.6 Å². The molecule has 2 fully saturated rings. The van der Waals surface area contributed by atoms with E-state index in [9.17, 15) is 14.4 Å². The molecule has 4 rings (SSSR count). The molecule has 8 nitrogen and oxygen atoms in total. The van der Waals surface area contributed by atoms with Crippen LogP contribution in [0.2, 0.25) is 0 Å². The molecular weight excluding hydrogens is 370 g/mol. The summed E-state index contributed by atoms with van der Waals surface area (Å²) in [5.74, 6) is 0.351. The largest absolute Gasteiger partial charge is 0.337 e. The number of hydrogen-bond acceptors (Lipinski definition) is 5. The van der Waals surface area contributed by atoms with E-state index in [0.717, 1.165) is 31.4 Å². The lowest BCUT2D eigenvalue weighted by Crippen LogP contribution is -2.47. The Kier molecular flexibility index (Phi) is 5.29. The third-order valence-corrected chi connectivity index (χ3v) is 5.86. The number of H-pyrrole nitrogens is 1. The predicted octanol–water partition coefficient (Wildman–Crippen LogP) is 1.44. The average molecular weight is 399 g/mol. The molecule has 1 saturated heterocycles. The Hall–Kier alpha value is -2.48. The number of likely N-dealkylation sites (tertiary alicyclic amines) is 1. The minimum Gasteiger partial charge on any atom is -0.337 e. The van der Waals surface area contributed by atoms with E-state index >= 15 is 0 Å². The Labute approximate surface area is 169 Å². The van der Waals surface area contributed by atoms with Gasteiger partial charge in [0.15, 0.2) is 5.65 Å². The first-order chi connectivity index (χ1) is 13.9. The summed E-state index contributed by atoms with van der Waals surface area (Å²) in [6.45, 7) is 5.73. The lowest BCUT2D eigenvalue weighted by molar-refractivity contribution is 0.0700. The molecule has 2 aromatic heterocycles. The Bertz CT molecular complexity index is 1050. The smallest absolute Gasteiger partial charge is 0.330 e. The van der Waals surface area contributed by atoms with Crippen LogP contribution in [0.1, 0.15) is 61.5 Å². The Morgan fingerprint density at radius 3 is 2.72 bits per heavy atom. The lowest BCUT2D eigenvalue weighted by atomic mass is 10.0. The van der Waals surface area contributed by atoms with Gasteiger partial charge in [-0.3, -0.25) is 19.1 Å². The first-order valence-electron chi connectivity index (χ1n) is 10.5. The van der Waals surface area contributed by atoms with Crippen LogP contribution in [-0.4, -0.2) is 51.5 Å². The van der Waals surface area contributed by atoms with E-state index in [1.807, 2.05) is 25.8 Å².